The molecule has 6 atom stereocenters. The molecule has 5 rings (SSSR count). The van der Waals surface area contributed by atoms with Gasteiger partial charge >= 0.3 is 11.9 Å². The molecule has 0 N–H and O–H groups in total. The van der Waals surface area contributed by atoms with Gasteiger partial charge in [-0.15, -0.1) is 0 Å². The highest BCUT2D eigenvalue weighted by Gasteiger charge is 2.83. The van der Waals surface area contributed by atoms with Crippen LogP contribution in [0.15, 0.2) is 18.2 Å². The molecule has 0 radical (unpaired) electrons. The second-order valence-electron chi connectivity index (χ2n) is 7.56. The fourth-order valence-electron chi connectivity index (χ4n) is 6.13. The molecule has 1 aromatic carbocycles. The highest BCUT2D eigenvalue weighted by atomic mass is 16.5. The Morgan fingerprint density at radius 2 is 1.92 bits per heavy atom. The molecule has 0 aliphatic heterocycles. The van der Waals surface area contributed by atoms with Gasteiger partial charge in [-0.25, -0.2) is 0 Å². The predicted molar refractivity (Wildman–Crippen MR) is 86.4 cm³/mol. The second kappa shape index (κ2) is 4.62. The molecule has 4 aliphatic rings. The molecule has 4 heteroatoms. The third-order valence-corrected chi connectivity index (χ3v) is 6.80. The molecule has 24 heavy (non-hydrogen) atoms. The van der Waals surface area contributed by atoms with Crippen LogP contribution >= 0.6 is 0 Å². The topological polar surface area (TPSA) is 52.6 Å². The monoisotopic (exact) mass is 326 g/mol. The summed E-state index contributed by atoms with van der Waals surface area (Å²) in [5.41, 5.74) is 4.00. The van der Waals surface area contributed by atoms with Gasteiger partial charge in [0.25, 0.3) is 0 Å². The van der Waals surface area contributed by atoms with Crippen molar-refractivity contribution in [1.29, 1.82) is 0 Å². The van der Waals surface area contributed by atoms with Crippen LogP contribution in [0.3, 0.4) is 0 Å². The van der Waals surface area contributed by atoms with Crippen molar-refractivity contribution in [2.24, 2.45) is 23.7 Å². The van der Waals surface area contributed by atoms with Gasteiger partial charge in [0.15, 0.2) is 0 Å². The van der Waals surface area contributed by atoms with Crippen molar-refractivity contribution in [3.8, 4) is 0 Å². The van der Waals surface area contributed by atoms with Gasteiger partial charge in [0.1, 0.15) is 0 Å². The highest BCUT2D eigenvalue weighted by Crippen LogP contribution is 2.82. The Labute approximate surface area is 141 Å². The minimum atomic E-state index is -0.0882. The molecule has 2 fully saturated rings. The summed E-state index contributed by atoms with van der Waals surface area (Å²) in [6.07, 6.45) is 2.06. The van der Waals surface area contributed by atoms with Crippen LogP contribution in [0.1, 0.15) is 42.9 Å². The third-order valence-electron chi connectivity index (χ3n) is 6.80. The summed E-state index contributed by atoms with van der Waals surface area (Å²) in [7, 11) is 0. The molecule has 0 unspecified atom stereocenters. The predicted octanol–water partition coefficient (Wildman–Crippen LogP) is 2.59. The molecule has 1 spiro atoms. The maximum atomic E-state index is 12.6. The summed E-state index contributed by atoms with van der Waals surface area (Å²) in [6.45, 7) is 4.54. The summed E-state index contributed by atoms with van der Waals surface area (Å²) in [6, 6.07) is 6.46. The molecule has 0 heterocycles. The van der Waals surface area contributed by atoms with E-state index >= 15 is 0 Å². The zero-order chi connectivity index (χ0) is 16.6. The van der Waals surface area contributed by atoms with Crippen LogP contribution in [0, 0.1) is 23.7 Å². The number of rotatable bonds is 4. The van der Waals surface area contributed by atoms with E-state index in [1.165, 1.54) is 16.7 Å². The molecule has 4 aliphatic carbocycles. The molecule has 0 bridgehead atoms. The van der Waals surface area contributed by atoms with Gasteiger partial charge in [0, 0.05) is 11.3 Å². The van der Waals surface area contributed by atoms with E-state index in [2.05, 4.69) is 18.2 Å². The van der Waals surface area contributed by atoms with Crippen molar-refractivity contribution in [3.05, 3.63) is 34.9 Å². The Kier molecular flexibility index (Phi) is 2.79. The molecule has 2 saturated carbocycles. The number of carbonyl (C=O) groups excluding carboxylic acids is 2. The number of aryl methyl sites for hydroxylation is 1. The fraction of sp³-hybridized carbons (Fsp3) is 0.600. The van der Waals surface area contributed by atoms with E-state index in [0.717, 1.165) is 12.8 Å². The quantitative estimate of drug-likeness (QED) is 0.798. The van der Waals surface area contributed by atoms with Crippen LogP contribution in [0.5, 0.6) is 0 Å². The number of esters is 2. The van der Waals surface area contributed by atoms with Crippen LogP contribution in [-0.2, 0) is 30.9 Å². The van der Waals surface area contributed by atoms with Crippen molar-refractivity contribution < 1.29 is 19.1 Å². The van der Waals surface area contributed by atoms with Crippen molar-refractivity contribution in [1.82, 2.24) is 0 Å². The molecule has 0 saturated heterocycles. The van der Waals surface area contributed by atoms with Crippen molar-refractivity contribution in [2.75, 3.05) is 13.2 Å². The average molecular weight is 326 g/mol. The Hall–Kier alpha value is -1.84. The Morgan fingerprint density at radius 1 is 1.17 bits per heavy atom. The smallest absolute Gasteiger partial charge is 0.310 e. The Morgan fingerprint density at radius 3 is 2.67 bits per heavy atom. The lowest BCUT2D eigenvalue weighted by atomic mass is 9.83. The first kappa shape index (κ1) is 14.5. The maximum Gasteiger partial charge on any atom is 0.310 e. The number of carbonyl (C=O) groups is 2. The minimum absolute atomic E-state index is 0.0550. The second-order valence-corrected chi connectivity index (χ2v) is 7.56. The first-order valence-corrected chi connectivity index (χ1v) is 9.12. The fourth-order valence-corrected chi connectivity index (χ4v) is 6.13. The summed E-state index contributed by atoms with van der Waals surface area (Å²) in [4.78, 5) is 25.0. The standard InChI is InChI=1S/C20H22O4/c1-3-23-18(21)14-12-11-7-5-6-10-8-9-20(15(10)11)16(13(12)14)17(20)19(22)24-4-2/h5-7,12-14,16-17H,3-4,8-9H2,1-2H3/t12-,13+,14-,16+,17+,20+/m1/s1. The number of hydrogen-bond donors (Lipinski definition) is 0. The number of fused-ring (bicyclic) bond motifs is 3. The Bertz CT molecular complexity index is 754. The summed E-state index contributed by atoms with van der Waals surface area (Å²) in [5, 5.41) is 0. The maximum absolute atomic E-state index is 12.6. The summed E-state index contributed by atoms with van der Waals surface area (Å²) in [5.74, 6) is 0.494. The molecule has 126 valence electrons. The van der Waals surface area contributed by atoms with Gasteiger partial charge in [-0.05, 0) is 55.2 Å². The SMILES string of the molecule is CCOC(=O)[C@@H]1[C@@H]2c3cccc4c3[C@@]3(CC4)[C@@H]([C@H]12)[C@H]3C(=O)OCC. The lowest BCUT2D eigenvalue weighted by Gasteiger charge is -2.20. The molecular weight excluding hydrogens is 304 g/mol. The summed E-state index contributed by atoms with van der Waals surface area (Å²) < 4.78 is 10.7. The number of benzene rings is 1. The van der Waals surface area contributed by atoms with Crippen LogP contribution in [-0.4, -0.2) is 25.2 Å². The van der Waals surface area contributed by atoms with Crippen LogP contribution in [0.25, 0.3) is 0 Å². The lowest BCUT2D eigenvalue weighted by Crippen LogP contribution is -2.17. The van der Waals surface area contributed by atoms with Gasteiger partial charge < -0.3 is 9.47 Å². The van der Waals surface area contributed by atoms with E-state index in [9.17, 15) is 9.59 Å². The zero-order valence-electron chi connectivity index (χ0n) is 14.1. The Balaban J connectivity index is 1.59. The number of ether oxygens (including phenoxy) is 2. The van der Waals surface area contributed by atoms with Crippen molar-refractivity contribution >= 4 is 11.9 Å². The normalized spacial score (nSPS) is 39.3. The van der Waals surface area contributed by atoms with Gasteiger partial charge in [-0.3, -0.25) is 9.59 Å². The largest absolute Gasteiger partial charge is 0.466 e. The van der Waals surface area contributed by atoms with Gasteiger partial charge in [-0.2, -0.15) is 0 Å². The average Bonchev–Trinajstić information content (AvgIpc) is 3.40. The van der Waals surface area contributed by atoms with E-state index in [1.54, 1.807) is 0 Å². The molecule has 1 aromatic rings. The van der Waals surface area contributed by atoms with E-state index in [0.29, 0.717) is 13.2 Å². The first-order chi connectivity index (χ1) is 11.7. The zero-order valence-corrected chi connectivity index (χ0v) is 14.1. The van der Waals surface area contributed by atoms with Gasteiger partial charge in [0.05, 0.1) is 25.0 Å². The van der Waals surface area contributed by atoms with Crippen molar-refractivity contribution in [2.45, 2.75) is 38.0 Å². The van der Waals surface area contributed by atoms with E-state index in [4.69, 9.17) is 9.47 Å². The molecule has 0 aromatic heterocycles. The lowest BCUT2D eigenvalue weighted by molar-refractivity contribution is -0.147. The van der Waals surface area contributed by atoms with Gasteiger partial charge in [-0.1, -0.05) is 18.2 Å². The van der Waals surface area contributed by atoms with Crippen LogP contribution in [0.4, 0.5) is 0 Å². The molecular formula is C20H22O4. The molecule has 4 nitrogen and oxygen atoms in total. The van der Waals surface area contributed by atoms with Gasteiger partial charge in [0.2, 0.25) is 0 Å². The minimum Gasteiger partial charge on any atom is -0.466 e. The third kappa shape index (κ3) is 1.50. The molecule has 0 amide bonds. The van der Waals surface area contributed by atoms with E-state index in [1.807, 2.05) is 13.8 Å². The van der Waals surface area contributed by atoms with Crippen LogP contribution in [0.2, 0.25) is 0 Å². The highest BCUT2D eigenvalue weighted by molar-refractivity contribution is 5.86. The van der Waals surface area contributed by atoms with E-state index in [-0.39, 0.29) is 46.9 Å². The van der Waals surface area contributed by atoms with Crippen molar-refractivity contribution in [3.63, 3.8) is 0 Å². The van der Waals surface area contributed by atoms with E-state index < -0.39 is 0 Å². The summed E-state index contributed by atoms with van der Waals surface area (Å²) >= 11 is 0. The van der Waals surface area contributed by atoms with Crippen LogP contribution < -0.4 is 0 Å². The first-order valence-electron chi connectivity index (χ1n) is 9.12. The number of hydrogen-bond acceptors (Lipinski definition) is 4.